The quantitative estimate of drug-likeness (QED) is 0.0187. The van der Waals surface area contributed by atoms with Gasteiger partial charge in [-0.2, -0.15) is 35.3 Å². The van der Waals surface area contributed by atoms with Crippen molar-refractivity contribution in [1.82, 2.24) is 0 Å². The van der Waals surface area contributed by atoms with Crippen LogP contribution in [0.3, 0.4) is 0 Å². The van der Waals surface area contributed by atoms with Crippen LogP contribution in [-0.4, -0.2) is 468 Å². The molecule has 1 aromatic rings. The van der Waals surface area contributed by atoms with Crippen LogP contribution in [0.15, 0.2) is 36.9 Å². The monoisotopic (exact) mass is 1830 g/mol. The molecule has 0 saturated carbocycles. The van der Waals surface area contributed by atoms with Gasteiger partial charge in [0.2, 0.25) is 5.91 Å². The molecule has 17 N–H and O–H groups in total. The second kappa shape index (κ2) is 50.6. The van der Waals surface area contributed by atoms with E-state index in [0.29, 0.717) is 29.9 Å². The zero-order valence-electron chi connectivity index (χ0n) is 67.4. The molecule has 9 rings (SSSR count). The summed E-state index contributed by atoms with van der Waals surface area (Å²) in [7, 11) is 4.88. The fraction of sp³-hybridized carbons (Fsp3) is 0.811. The largest absolute Gasteiger partial charge is 0.465 e. The zero-order valence-corrected chi connectivity index (χ0v) is 69.8. The van der Waals surface area contributed by atoms with Gasteiger partial charge in [0.05, 0.1) is 105 Å². The highest BCUT2D eigenvalue weighted by Crippen LogP contribution is 2.37. The Morgan fingerprint density at radius 3 is 1.46 bits per heavy atom. The summed E-state index contributed by atoms with van der Waals surface area (Å²) in [6.45, 7) is -0.789. The van der Waals surface area contributed by atoms with Gasteiger partial charge in [-0.1, -0.05) is 6.58 Å². The molecule has 8 aliphatic rings. The number of thioether (sulfide) groups is 3. The number of aliphatic hydroxyl groups excluding tert-OH is 16. The fourth-order valence-corrected chi connectivity index (χ4v) is 16.1. The molecule has 35 atom stereocenters. The van der Waals surface area contributed by atoms with Crippen LogP contribution in [0, 0.1) is 0 Å². The summed E-state index contributed by atoms with van der Waals surface area (Å²) in [6, 6.07) is 6.01. The molecule has 123 heavy (non-hydrogen) atoms. The first-order valence-corrected chi connectivity index (χ1v) is 42.9. The van der Waals surface area contributed by atoms with E-state index in [2.05, 4.69) is 16.6 Å². The van der Waals surface area contributed by atoms with Crippen molar-refractivity contribution in [3.63, 3.8) is 0 Å². The molecule has 8 fully saturated rings. The highest BCUT2D eigenvalue weighted by molar-refractivity contribution is 7.99. The third-order valence-electron chi connectivity index (χ3n) is 20.6. The summed E-state index contributed by atoms with van der Waals surface area (Å²) in [6.07, 6.45) is -67.0. The molecule has 0 aromatic heterocycles. The Labute approximate surface area is 717 Å². The van der Waals surface area contributed by atoms with Crippen LogP contribution in [0.1, 0.15) is 36.0 Å². The standard InChI is InChI=1S/C74H113NO45S3/c1-6-42(77)116-63-51(86)39(30-104-69-55(90)53(88)46(81)36(112-69)27-105-70-59(94)64(48(83)34(110-70)25-98-2)118-43(78)12-20-121-19-11-41(76)75-33-9-7-32(8-10-33)67(97)100-4)113-72(58(63)93)108-31-40-52(87)66-61(96)73(114-40)107-29-38-50(85)62(57(92)68(101-5)109-38)117-44(79)13-21-122-23-17-102-15-16-103-18-24-123-22-14-45(80)119-65-49(84)35(26-99-3)111-71(60(65)95)106-28-37-47(82)54(89)56(91)74(115-37)120-66/h6-10,34-40,46-66,68-74,81-96H,1,11-31H2,2-5H3,(H,75,76)/t34?,35?,36?,37?,38?,39?,40?,46-,47-,48-,49-,50-,51-,52-,53+,54+,55?,56?,57?,58?,59?,60?,61?,62+,63+,64+,65+,66+,68+,69+,70+,71+,72+,73+,74-/m1/s1. The molecule has 702 valence electrons. The van der Waals surface area contributed by atoms with Gasteiger partial charge in [0.25, 0.3) is 0 Å². The number of anilines is 1. The lowest BCUT2D eigenvalue weighted by Crippen LogP contribution is -2.66. The minimum absolute atomic E-state index is 0.0354. The number of ether oxygens (including phenoxy) is 23. The summed E-state index contributed by atoms with van der Waals surface area (Å²) in [5, 5.41) is 187. The number of nitrogens with one attached hydrogen (secondary N) is 1. The maximum absolute atomic E-state index is 13.3. The van der Waals surface area contributed by atoms with E-state index in [9.17, 15) is 110 Å². The predicted molar refractivity (Wildman–Crippen MR) is 410 cm³/mol. The molecule has 8 aliphatic heterocycles. The van der Waals surface area contributed by atoms with E-state index in [4.69, 9.17) is 104 Å². The molecular formula is C74H113NO45S3. The molecular weight excluding hydrogens is 1720 g/mol. The maximum atomic E-state index is 13.3. The lowest BCUT2D eigenvalue weighted by molar-refractivity contribution is -0.375. The Hall–Kier alpha value is -4.53. The van der Waals surface area contributed by atoms with Crippen molar-refractivity contribution < 1.29 is 219 Å². The maximum Gasteiger partial charge on any atom is 0.337 e. The first kappa shape index (κ1) is 102. The Morgan fingerprint density at radius 1 is 0.455 bits per heavy atom. The summed E-state index contributed by atoms with van der Waals surface area (Å²) in [5.41, 5.74) is 0.710. The molecule has 14 unspecified atom stereocenters. The summed E-state index contributed by atoms with van der Waals surface area (Å²) >= 11 is 3.90. The number of aliphatic hydroxyl groups is 16. The normalized spacial score (nSPS) is 40.3. The molecule has 0 radical (unpaired) electrons. The number of rotatable bonds is 25. The predicted octanol–water partition coefficient (Wildman–Crippen LogP) is -8.69. The minimum atomic E-state index is -2.27. The number of benzene rings is 1. The molecule has 46 nitrogen and oxygen atoms in total. The van der Waals surface area contributed by atoms with Crippen molar-refractivity contribution in [3.8, 4) is 0 Å². The summed E-state index contributed by atoms with van der Waals surface area (Å²) in [5.74, 6) is -2.93. The van der Waals surface area contributed by atoms with Gasteiger partial charge >= 0.3 is 29.8 Å². The Balaban J connectivity index is 0.881. The van der Waals surface area contributed by atoms with Gasteiger partial charge in [0.15, 0.2) is 68.4 Å². The lowest BCUT2D eigenvalue weighted by Gasteiger charge is -2.47. The Kier molecular flexibility index (Phi) is 42.0. The van der Waals surface area contributed by atoms with Crippen molar-refractivity contribution in [2.45, 2.75) is 241 Å². The fourth-order valence-electron chi connectivity index (χ4n) is 13.8. The second-order valence-electron chi connectivity index (χ2n) is 29.2. The number of fused-ring (bicyclic) bond motifs is 8. The van der Waals surface area contributed by atoms with E-state index in [1.807, 2.05) is 0 Å². The third kappa shape index (κ3) is 28.2. The van der Waals surface area contributed by atoms with Gasteiger partial charge in [-0.3, -0.25) is 19.2 Å². The number of carbonyl (C=O) groups is 6. The minimum Gasteiger partial charge on any atom is -0.465 e. The van der Waals surface area contributed by atoms with Gasteiger partial charge < -0.3 is 196 Å². The molecule has 1 amide bonds. The van der Waals surface area contributed by atoms with Gasteiger partial charge in [-0.25, -0.2) is 9.59 Å². The molecule has 8 saturated heterocycles. The average molecular weight is 1830 g/mol. The molecule has 8 bridgehead atoms. The van der Waals surface area contributed by atoms with Crippen LogP contribution >= 0.6 is 35.3 Å². The first-order valence-electron chi connectivity index (χ1n) is 39.4. The number of hydrogen-bond donors (Lipinski definition) is 17. The van der Waals surface area contributed by atoms with E-state index in [1.54, 1.807) is 0 Å². The molecule has 0 spiro atoms. The van der Waals surface area contributed by atoms with E-state index in [-0.39, 0.29) is 93.2 Å². The van der Waals surface area contributed by atoms with Crippen molar-refractivity contribution >= 4 is 76.7 Å². The number of amides is 1. The van der Waals surface area contributed by atoms with Crippen molar-refractivity contribution in [2.75, 3.05) is 141 Å². The molecule has 1 aromatic carbocycles. The average Bonchev–Trinajstić information content (AvgIpc) is 0.780. The van der Waals surface area contributed by atoms with E-state index < -0.39 is 278 Å². The van der Waals surface area contributed by atoms with Gasteiger partial charge in [-0.15, -0.1) is 0 Å². The first-order chi connectivity index (χ1) is 58.9. The number of carbonyl (C=O) groups excluding carboxylic acids is 6. The smallest absolute Gasteiger partial charge is 0.337 e. The Morgan fingerprint density at radius 2 is 0.927 bits per heavy atom. The van der Waals surface area contributed by atoms with E-state index in [1.165, 1.54) is 80.9 Å². The van der Waals surface area contributed by atoms with Crippen LogP contribution in [-0.2, 0) is 133 Å². The zero-order chi connectivity index (χ0) is 89.3. The topological polar surface area (TPSA) is 650 Å². The van der Waals surface area contributed by atoms with Crippen LogP contribution in [0.4, 0.5) is 5.69 Å². The SMILES string of the molecule is C=CC(=O)O[C@@H]1C(O)[C@@H](OCC2O[C@@H]3OCC4O[C@H](OC)C(O)[C@@H](OC(=O)CCSCCOCCOCCSCCC(=O)O[C@@H]5C(O)[C@@H](OCC6O[C@H](O[C@H](C3O)[C@@H]2O)C(O)[C@@H](O)[C@@H]6O)OC(COC)[C@H]5O)[C@@H]4O)OC(CO[C@H]2OC(CO[C@H]3OC(COC)[C@@H](O)[C@H](OC(=O)CCSCCC(=O)Nc4ccc(C(=O)OC)cc4)C3O)[C@@H](O)[C@H](O)C2O)[C@H]1O. The summed E-state index contributed by atoms with van der Waals surface area (Å²) < 4.78 is 130. The highest BCUT2D eigenvalue weighted by Gasteiger charge is 2.57. The molecule has 49 heteroatoms. The van der Waals surface area contributed by atoms with Crippen LogP contribution in [0.25, 0.3) is 0 Å². The van der Waals surface area contributed by atoms with E-state index in [0.717, 1.165) is 7.11 Å². The van der Waals surface area contributed by atoms with Crippen LogP contribution < -0.4 is 5.32 Å². The van der Waals surface area contributed by atoms with Crippen molar-refractivity contribution in [3.05, 3.63) is 42.5 Å². The van der Waals surface area contributed by atoms with Gasteiger partial charge in [-0.05, 0) is 24.3 Å². The third-order valence-corrected chi connectivity index (χ3v) is 23.5. The van der Waals surface area contributed by atoms with Crippen molar-refractivity contribution in [2.24, 2.45) is 0 Å². The molecule has 8 heterocycles. The van der Waals surface area contributed by atoms with E-state index >= 15 is 0 Å². The van der Waals surface area contributed by atoms with Crippen LogP contribution in [0.2, 0.25) is 0 Å². The number of methoxy groups -OCH3 is 4. The van der Waals surface area contributed by atoms with Gasteiger partial charge in [0.1, 0.15) is 146 Å². The van der Waals surface area contributed by atoms with Gasteiger partial charge in [0, 0.05) is 74.0 Å². The van der Waals surface area contributed by atoms with Crippen LogP contribution in [0.5, 0.6) is 0 Å². The number of hydrogen-bond acceptors (Lipinski definition) is 48. The summed E-state index contributed by atoms with van der Waals surface area (Å²) in [4.78, 5) is 76.9. The highest BCUT2D eigenvalue weighted by atomic mass is 32.2. The lowest BCUT2D eigenvalue weighted by atomic mass is 9.96. The van der Waals surface area contributed by atoms with Crippen molar-refractivity contribution in [1.29, 1.82) is 0 Å². The number of esters is 5. The Bertz CT molecular complexity index is 3390. The second-order valence-corrected chi connectivity index (χ2v) is 32.9. The molecule has 0 aliphatic carbocycles.